The lowest BCUT2D eigenvalue weighted by Crippen LogP contribution is -1.89. The Morgan fingerprint density at radius 3 is 2.85 bits per heavy atom. The first-order chi connectivity index (χ1) is 9.67. The Morgan fingerprint density at radius 1 is 1.30 bits per heavy atom. The van der Waals surface area contributed by atoms with Gasteiger partial charge in [0.05, 0.1) is 5.56 Å². The van der Waals surface area contributed by atoms with E-state index in [9.17, 15) is 0 Å². The van der Waals surface area contributed by atoms with Crippen molar-refractivity contribution in [3.05, 3.63) is 47.7 Å². The zero-order valence-corrected chi connectivity index (χ0v) is 11.2. The quantitative estimate of drug-likeness (QED) is 0.713. The Hall–Kier alpha value is -2.87. The molecular weight excluding hydrogens is 252 g/mol. The molecule has 98 valence electrons. The van der Waals surface area contributed by atoms with E-state index >= 15 is 0 Å². The van der Waals surface area contributed by atoms with Crippen molar-refractivity contribution in [3.63, 3.8) is 0 Å². The average molecular weight is 264 g/mol. The third-order valence-electron chi connectivity index (χ3n) is 3.06. The molecule has 0 aliphatic carbocycles. The fourth-order valence-corrected chi connectivity index (χ4v) is 2.07. The highest BCUT2D eigenvalue weighted by Crippen LogP contribution is 2.23. The summed E-state index contributed by atoms with van der Waals surface area (Å²) in [7, 11) is 1.84. The Balaban J connectivity index is 2.02. The minimum absolute atomic E-state index is 0.408. The highest BCUT2D eigenvalue weighted by Gasteiger charge is 2.14. The molecule has 0 aliphatic rings. The van der Waals surface area contributed by atoms with Gasteiger partial charge in [0.1, 0.15) is 11.8 Å². The lowest BCUT2D eigenvalue weighted by molar-refractivity contribution is 0.429. The van der Waals surface area contributed by atoms with Crippen LogP contribution in [0.2, 0.25) is 0 Å². The highest BCUT2D eigenvalue weighted by atomic mass is 16.5. The van der Waals surface area contributed by atoms with Crippen LogP contribution in [0.25, 0.3) is 23.0 Å². The Kier molecular flexibility index (Phi) is 2.84. The topological polar surface area (TPSA) is 67.6 Å². The van der Waals surface area contributed by atoms with Crippen molar-refractivity contribution in [2.24, 2.45) is 7.05 Å². The van der Waals surface area contributed by atoms with E-state index < -0.39 is 0 Å². The molecule has 3 aromatic rings. The van der Waals surface area contributed by atoms with Crippen molar-refractivity contribution in [2.75, 3.05) is 0 Å². The molecule has 0 radical (unpaired) electrons. The molecule has 5 heteroatoms. The van der Waals surface area contributed by atoms with Crippen LogP contribution in [-0.4, -0.2) is 14.7 Å². The number of benzene rings is 1. The smallest absolute Gasteiger partial charge is 0.274 e. The summed E-state index contributed by atoms with van der Waals surface area (Å²) in [5.41, 5.74) is 3.35. The lowest BCUT2D eigenvalue weighted by Gasteiger charge is -1.96. The molecule has 20 heavy (non-hydrogen) atoms. The van der Waals surface area contributed by atoms with Crippen molar-refractivity contribution in [1.29, 1.82) is 5.26 Å². The molecule has 5 nitrogen and oxygen atoms in total. The molecule has 0 saturated heterocycles. The van der Waals surface area contributed by atoms with Crippen molar-refractivity contribution in [2.45, 2.75) is 6.92 Å². The van der Waals surface area contributed by atoms with E-state index in [2.05, 4.69) is 16.2 Å². The first-order valence-electron chi connectivity index (χ1n) is 6.15. The van der Waals surface area contributed by atoms with Crippen molar-refractivity contribution >= 4 is 0 Å². The summed E-state index contributed by atoms with van der Waals surface area (Å²) in [6.07, 6.45) is 1.73. The summed E-state index contributed by atoms with van der Waals surface area (Å²) >= 11 is 0. The SMILES string of the molecule is Cc1cccc(-c2noc(-c3cc(C#N)cn3C)n2)c1. The number of nitriles is 1. The predicted molar refractivity (Wildman–Crippen MR) is 73.6 cm³/mol. The molecule has 0 bridgehead atoms. The fraction of sp³-hybridized carbons (Fsp3) is 0.133. The molecule has 0 amide bonds. The molecule has 2 aromatic heterocycles. The second-order valence-electron chi connectivity index (χ2n) is 4.63. The van der Waals surface area contributed by atoms with E-state index in [1.165, 1.54) is 0 Å². The molecule has 0 unspecified atom stereocenters. The van der Waals surface area contributed by atoms with Crippen LogP contribution in [0, 0.1) is 18.3 Å². The molecule has 1 aromatic carbocycles. The van der Waals surface area contributed by atoms with Crippen LogP contribution in [-0.2, 0) is 7.05 Å². The largest absolute Gasteiger partial charge is 0.345 e. The maximum Gasteiger partial charge on any atom is 0.274 e. The van der Waals surface area contributed by atoms with Gasteiger partial charge in [-0.25, -0.2) is 0 Å². The second kappa shape index (κ2) is 4.67. The predicted octanol–water partition coefficient (Wildman–Crippen LogP) is 2.92. The summed E-state index contributed by atoms with van der Waals surface area (Å²) in [4.78, 5) is 4.39. The molecular formula is C15H12N4O. The third-order valence-corrected chi connectivity index (χ3v) is 3.06. The first-order valence-corrected chi connectivity index (χ1v) is 6.15. The number of aromatic nitrogens is 3. The Labute approximate surface area is 116 Å². The van der Waals surface area contributed by atoms with Crippen LogP contribution in [0.1, 0.15) is 11.1 Å². The van der Waals surface area contributed by atoms with Gasteiger partial charge in [0.2, 0.25) is 5.82 Å². The molecule has 2 heterocycles. The normalized spacial score (nSPS) is 10.4. The summed E-state index contributed by atoms with van der Waals surface area (Å²) in [5, 5.41) is 12.9. The van der Waals surface area contributed by atoms with Gasteiger partial charge in [0.15, 0.2) is 0 Å². The third kappa shape index (κ3) is 2.08. The number of aryl methyl sites for hydroxylation is 2. The van der Waals surface area contributed by atoms with E-state index in [0.717, 1.165) is 16.8 Å². The summed E-state index contributed by atoms with van der Waals surface area (Å²) in [6.45, 7) is 2.01. The minimum Gasteiger partial charge on any atom is -0.345 e. The van der Waals surface area contributed by atoms with E-state index in [-0.39, 0.29) is 0 Å². The highest BCUT2D eigenvalue weighted by molar-refractivity contribution is 5.60. The van der Waals surface area contributed by atoms with Gasteiger partial charge in [-0.3, -0.25) is 0 Å². The number of hydrogen-bond acceptors (Lipinski definition) is 4. The molecule has 0 N–H and O–H groups in total. The summed E-state index contributed by atoms with van der Waals surface area (Å²) < 4.78 is 7.09. The maximum atomic E-state index is 8.91. The zero-order valence-electron chi connectivity index (χ0n) is 11.2. The number of rotatable bonds is 2. The van der Waals surface area contributed by atoms with Gasteiger partial charge in [-0.15, -0.1) is 0 Å². The standard InChI is InChI=1S/C15H12N4O/c1-10-4-3-5-12(6-10)14-17-15(20-18-14)13-7-11(8-16)9-19(13)2/h3-7,9H,1-2H3. The number of hydrogen-bond donors (Lipinski definition) is 0. The summed E-state index contributed by atoms with van der Waals surface area (Å²) in [6, 6.07) is 11.7. The van der Waals surface area contributed by atoms with Gasteiger partial charge in [0.25, 0.3) is 5.89 Å². The van der Waals surface area contributed by atoms with Gasteiger partial charge in [-0.1, -0.05) is 28.9 Å². The molecule has 3 rings (SSSR count). The second-order valence-corrected chi connectivity index (χ2v) is 4.63. The maximum absolute atomic E-state index is 8.91. The minimum atomic E-state index is 0.408. The summed E-state index contributed by atoms with van der Waals surface area (Å²) in [5.74, 6) is 0.953. The zero-order chi connectivity index (χ0) is 14.1. The van der Waals surface area contributed by atoms with E-state index in [4.69, 9.17) is 9.78 Å². The molecule has 0 atom stereocenters. The van der Waals surface area contributed by atoms with Crippen LogP contribution in [0.3, 0.4) is 0 Å². The Morgan fingerprint density at radius 2 is 2.15 bits per heavy atom. The van der Waals surface area contributed by atoms with Crippen LogP contribution in [0.4, 0.5) is 0 Å². The van der Waals surface area contributed by atoms with Crippen LogP contribution in [0.15, 0.2) is 41.1 Å². The fourth-order valence-electron chi connectivity index (χ4n) is 2.07. The molecule has 0 aliphatic heterocycles. The van der Waals surface area contributed by atoms with Crippen molar-refractivity contribution in [3.8, 4) is 29.0 Å². The number of nitrogens with zero attached hydrogens (tertiary/aromatic N) is 4. The van der Waals surface area contributed by atoms with Gasteiger partial charge in [-0.2, -0.15) is 10.2 Å². The first kappa shape index (κ1) is 12.2. The van der Waals surface area contributed by atoms with Gasteiger partial charge >= 0.3 is 0 Å². The molecule has 0 saturated carbocycles. The monoisotopic (exact) mass is 264 g/mol. The average Bonchev–Trinajstić information content (AvgIpc) is 3.05. The van der Waals surface area contributed by atoms with Crippen molar-refractivity contribution in [1.82, 2.24) is 14.7 Å². The molecule has 0 fully saturated rings. The van der Waals surface area contributed by atoms with Crippen LogP contribution < -0.4 is 0 Å². The van der Waals surface area contributed by atoms with Crippen molar-refractivity contribution < 1.29 is 4.52 Å². The molecule has 0 spiro atoms. The van der Waals surface area contributed by atoms with Gasteiger partial charge in [-0.05, 0) is 19.1 Å². The lowest BCUT2D eigenvalue weighted by atomic mass is 10.1. The van der Waals surface area contributed by atoms with Gasteiger partial charge < -0.3 is 9.09 Å². The van der Waals surface area contributed by atoms with E-state index in [0.29, 0.717) is 17.3 Å². The van der Waals surface area contributed by atoms with Gasteiger partial charge in [0, 0.05) is 18.8 Å². The van der Waals surface area contributed by atoms with Crippen LogP contribution >= 0.6 is 0 Å². The van der Waals surface area contributed by atoms with E-state index in [1.54, 1.807) is 16.8 Å². The Bertz CT molecular complexity index is 807. The van der Waals surface area contributed by atoms with E-state index in [1.807, 2.05) is 38.2 Å². The van der Waals surface area contributed by atoms with Crippen LogP contribution in [0.5, 0.6) is 0 Å².